The lowest BCUT2D eigenvalue weighted by atomic mass is 10.1. The van der Waals surface area contributed by atoms with E-state index in [9.17, 15) is 0 Å². The van der Waals surface area contributed by atoms with Crippen molar-refractivity contribution in [3.05, 3.63) is 70.2 Å². The normalized spacial score (nSPS) is 11.2. The molecule has 0 aliphatic carbocycles. The maximum atomic E-state index is 4.73. The van der Waals surface area contributed by atoms with Crippen LogP contribution in [-0.2, 0) is 6.42 Å². The molecular formula is C18H16N4S. The van der Waals surface area contributed by atoms with Gasteiger partial charge in [0.25, 0.3) is 0 Å². The number of hydrogen-bond donors (Lipinski definition) is 0. The topological polar surface area (TPSA) is 43.1 Å². The lowest BCUT2D eigenvalue weighted by Crippen LogP contribution is -1.95. The van der Waals surface area contributed by atoms with E-state index in [4.69, 9.17) is 5.10 Å². The Morgan fingerprint density at radius 2 is 1.87 bits per heavy atom. The smallest absolute Gasteiger partial charge is 0.183 e. The number of benzene rings is 2. The van der Waals surface area contributed by atoms with Crippen molar-refractivity contribution in [2.45, 2.75) is 20.3 Å². The van der Waals surface area contributed by atoms with E-state index < -0.39 is 0 Å². The van der Waals surface area contributed by atoms with Gasteiger partial charge in [0.05, 0.1) is 0 Å². The van der Waals surface area contributed by atoms with Gasteiger partial charge in [-0.3, -0.25) is 0 Å². The molecule has 5 heteroatoms. The highest BCUT2D eigenvalue weighted by Crippen LogP contribution is 2.24. The summed E-state index contributed by atoms with van der Waals surface area (Å²) >= 11 is 1.60. The zero-order chi connectivity index (χ0) is 15.8. The quantitative estimate of drug-likeness (QED) is 0.572. The third-order valence-corrected chi connectivity index (χ3v) is 4.81. The van der Waals surface area contributed by atoms with Gasteiger partial charge in [-0.15, -0.1) is 10.2 Å². The highest BCUT2D eigenvalue weighted by Gasteiger charge is 2.14. The number of aryl methyl sites for hydroxylation is 2. The SMILES string of the molecule is Cc1cccc(-c2nnc3sc(Cc4ccccc4C)nn23)c1. The molecule has 0 aliphatic rings. The predicted molar refractivity (Wildman–Crippen MR) is 92.8 cm³/mol. The van der Waals surface area contributed by atoms with Crippen LogP contribution in [0.2, 0.25) is 0 Å². The average Bonchev–Trinajstić information content (AvgIpc) is 3.09. The van der Waals surface area contributed by atoms with E-state index in [1.807, 2.05) is 16.6 Å². The van der Waals surface area contributed by atoms with Crippen LogP contribution in [0, 0.1) is 13.8 Å². The third kappa shape index (κ3) is 2.64. The predicted octanol–water partition coefficient (Wildman–Crippen LogP) is 4.06. The van der Waals surface area contributed by atoms with Crippen LogP contribution in [0.25, 0.3) is 16.3 Å². The minimum absolute atomic E-state index is 0.802. The molecule has 23 heavy (non-hydrogen) atoms. The molecule has 0 aliphatic heterocycles. The van der Waals surface area contributed by atoms with Gasteiger partial charge < -0.3 is 0 Å². The van der Waals surface area contributed by atoms with Crippen molar-refractivity contribution < 1.29 is 0 Å². The minimum atomic E-state index is 0.802. The molecule has 0 N–H and O–H groups in total. The van der Waals surface area contributed by atoms with Gasteiger partial charge in [-0.25, -0.2) is 0 Å². The van der Waals surface area contributed by atoms with Crippen LogP contribution in [0.4, 0.5) is 0 Å². The first-order valence-electron chi connectivity index (χ1n) is 7.53. The minimum Gasteiger partial charge on any atom is -0.183 e. The summed E-state index contributed by atoms with van der Waals surface area (Å²) in [7, 11) is 0. The lowest BCUT2D eigenvalue weighted by Gasteiger charge is -2.02. The molecule has 4 rings (SSSR count). The van der Waals surface area contributed by atoms with Gasteiger partial charge >= 0.3 is 0 Å². The van der Waals surface area contributed by atoms with Crippen molar-refractivity contribution >= 4 is 16.3 Å². The van der Waals surface area contributed by atoms with Gasteiger partial charge in [0.1, 0.15) is 5.01 Å². The van der Waals surface area contributed by atoms with Gasteiger partial charge in [0, 0.05) is 12.0 Å². The van der Waals surface area contributed by atoms with Crippen molar-refractivity contribution in [1.29, 1.82) is 0 Å². The van der Waals surface area contributed by atoms with E-state index in [-0.39, 0.29) is 0 Å². The van der Waals surface area contributed by atoms with Crippen LogP contribution in [0.1, 0.15) is 21.7 Å². The Kier molecular flexibility index (Phi) is 3.42. The van der Waals surface area contributed by atoms with Crippen LogP contribution >= 0.6 is 11.3 Å². The van der Waals surface area contributed by atoms with Crippen LogP contribution in [0.5, 0.6) is 0 Å². The molecule has 0 fully saturated rings. The Balaban J connectivity index is 1.74. The van der Waals surface area contributed by atoms with Crippen LogP contribution in [-0.4, -0.2) is 19.8 Å². The second-order valence-corrected chi connectivity index (χ2v) is 6.73. The summed E-state index contributed by atoms with van der Waals surface area (Å²) in [5.41, 5.74) is 4.84. The number of hydrogen-bond acceptors (Lipinski definition) is 4. The summed E-state index contributed by atoms with van der Waals surface area (Å²) in [6.45, 7) is 4.21. The molecule has 0 saturated carbocycles. The van der Waals surface area contributed by atoms with Gasteiger partial charge in [-0.05, 0) is 31.0 Å². The first kappa shape index (κ1) is 14.1. The summed E-state index contributed by atoms with van der Waals surface area (Å²) in [4.78, 5) is 0.838. The van der Waals surface area contributed by atoms with Gasteiger partial charge in [-0.1, -0.05) is 59.4 Å². The summed E-state index contributed by atoms with van der Waals surface area (Å²) in [5.74, 6) is 0.802. The van der Waals surface area contributed by atoms with E-state index in [1.165, 1.54) is 16.7 Å². The Morgan fingerprint density at radius 1 is 1.00 bits per heavy atom. The largest absolute Gasteiger partial charge is 0.234 e. The van der Waals surface area contributed by atoms with Gasteiger partial charge in [0.15, 0.2) is 5.82 Å². The molecule has 4 aromatic rings. The van der Waals surface area contributed by atoms with E-state index in [0.29, 0.717) is 0 Å². The molecule has 0 atom stereocenters. The van der Waals surface area contributed by atoms with Crippen molar-refractivity contribution in [2.24, 2.45) is 0 Å². The summed E-state index contributed by atoms with van der Waals surface area (Å²) in [6, 6.07) is 16.7. The van der Waals surface area contributed by atoms with E-state index >= 15 is 0 Å². The molecule has 0 bridgehead atoms. The highest BCUT2D eigenvalue weighted by molar-refractivity contribution is 7.16. The molecule has 2 heterocycles. The Hall–Kier alpha value is -2.53. The Morgan fingerprint density at radius 3 is 2.70 bits per heavy atom. The van der Waals surface area contributed by atoms with Crippen molar-refractivity contribution in [3.63, 3.8) is 0 Å². The second kappa shape index (κ2) is 5.59. The molecule has 0 unspecified atom stereocenters. The molecule has 2 aromatic heterocycles. The molecule has 2 aromatic carbocycles. The molecule has 0 radical (unpaired) electrons. The third-order valence-electron chi connectivity index (χ3n) is 3.91. The maximum Gasteiger partial charge on any atom is 0.234 e. The van der Waals surface area contributed by atoms with Gasteiger partial charge in [-0.2, -0.15) is 9.61 Å². The molecule has 4 nitrogen and oxygen atoms in total. The summed E-state index contributed by atoms with van der Waals surface area (Å²) in [5, 5.41) is 14.4. The highest BCUT2D eigenvalue weighted by atomic mass is 32.1. The fourth-order valence-corrected chi connectivity index (χ4v) is 3.52. The fourth-order valence-electron chi connectivity index (χ4n) is 2.66. The summed E-state index contributed by atoms with van der Waals surface area (Å²) < 4.78 is 1.85. The molecule has 0 saturated heterocycles. The number of aromatic nitrogens is 4. The van der Waals surface area contributed by atoms with Crippen LogP contribution in [0.15, 0.2) is 48.5 Å². The van der Waals surface area contributed by atoms with E-state index in [0.717, 1.165) is 27.8 Å². The molecule has 114 valence electrons. The van der Waals surface area contributed by atoms with E-state index in [1.54, 1.807) is 11.3 Å². The average molecular weight is 320 g/mol. The van der Waals surface area contributed by atoms with Crippen molar-refractivity contribution in [3.8, 4) is 11.4 Å². The monoisotopic (exact) mass is 320 g/mol. The van der Waals surface area contributed by atoms with Gasteiger partial charge in [0.2, 0.25) is 4.96 Å². The Labute approximate surface area is 138 Å². The zero-order valence-electron chi connectivity index (χ0n) is 13.0. The van der Waals surface area contributed by atoms with Crippen LogP contribution < -0.4 is 0 Å². The van der Waals surface area contributed by atoms with Crippen LogP contribution in [0.3, 0.4) is 0 Å². The van der Waals surface area contributed by atoms with E-state index in [2.05, 4.69) is 60.4 Å². The number of nitrogens with zero attached hydrogens (tertiary/aromatic N) is 4. The molecular weight excluding hydrogens is 304 g/mol. The van der Waals surface area contributed by atoms with Crippen molar-refractivity contribution in [1.82, 2.24) is 19.8 Å². The standard InChI is InChI=1S/C18H16N4S/c1-12-6-5-9-15(10-12)17-19-20-18-22(17)21-16(23-18)11-14-8-4-3-7-13(14)2/h3-10H,11H2,1-2H3. The first-order chi connectivity index (χ1) is 11.2. The zero-order valence-corrected chi connectivity index (χ0v) is 13.8. The fraction of sp³-hybridized carbons (Fsp3) is 0.167. The maximum absolute atomic E-state index is 4.73. The Bertz CT molecular complexity index is 984. The lowest BCUT2D eigenvalue weighted by molar-refractivity contribution is 0.915. The molecule has 0 spiro atoms. The summed E-state index contributed by atoms with van der Waals surface area (Å²) in [6.07, 6.45) is 0.827. The molecule has 0 amide bonds. The second-order valence-electron chi connectivity index (χ2n) is 5.69. The number of rotatable bonds is 3. The first-order valence-corrected chi connectivity index (χ1v) is 8.35. The van der Waals surface area contributed by atoms with Crippen molar-refractivity contribution in [2.75, 3.05) is 0 Å². The number of fused-ring (bicyclic) bond motifs is 1.